The number of aromatic carboxylic acids is 1. The van der Waals surface area contributed by atoms with Gasteiger partial charge in [0.15, 0.2) is 6.10 Å². The summed E-state index contributed by atoms with van der Waals surface area (Å²) >= 11 is 3.19. The summed E-state index contributed by atoms with van der Waals surface area (Å²) in [6.45, 7) is 1.79. The molecule has 0 saturated heterocycles. The van der Waals surface area contributed by atoms with Crippen molar-refractivity contribution in [2.75, 3.05) is 0 Å². The van der Waals surface area contributed by atoms with Gasteiger partial charge in [0.2, 0.25) is 0 Å². The highest BCUT2D eigenvalue weighted by molar-refractivity contribution is 9.10. The molecule has 0 amide bonds. The van der Waals surface area contributed by atoms with E-state index in [-0.39, 0.29) is 11.3 Å². The zero-order valence-electron chi connectivity index (χ0n) is 12.4. The predicted octanol–water partition coefficient (Wildman–Crippen LogP) is 3.91. The highest BCUT2D eigenvalue weighted by atomic mass is 79.9. The van der Waals surface area contributed by atoms with Gasteiger partial charge in [-0.2, -0.15) is 0 Å². The third-order valence-corrected chi connectivity index (χ3v) is 3.53. The Morgan fingerprint density at radius 2 is 1.87 bits per heavy atom. The van der Waals surface area contributed by atoms with Crippen molar-refractivity contribution in [3.63, 3.8) is 0 Å². The van der Waals surface area contributed by atoms with Gasteiger partial charge in [-0.05, 0) is 36.8 Å². The molecule has 0 radical (unpaired) electrons. The molecule has 0 bridgehead atoms. The Balaban J connectivity index is 2.15. The van der Waals surface area contributed by atoms with Gasteiger partial charge >= 0.3 is 11.9 Å². The van der Waals surface area contributed by atoms with Crippen molar-refractivity contribution in [3.8, 4) is 11.5 Å². The molecular formula is C17H15BrO5. The minimum absolute atomic E-state index is 0.0131. The first-order valence-corrected chi connectivity index (χ1v) is 7.76. The van der Waals surface area contributed by atoms with Crippen molar-refractivity contribution in [2.24, 2.45) is 0 Å². The lowest BCUT2D eigenvalue weighted by Gasteiger charge is -2.17. The molecule has 5 nitrogen and oxygen atoms in total. The van der Waals surface area contributed by atoms with E-state index in [1.807, 2.05) is 6.07 Å². The molecule has 0 aliphatic rings. The molecule has 0 saturated carbocycles. The number of hydrogen-bond acceptors (Lipinski definition) is 4. The third-order valence-electron chi connectivity index (χ3n) is 3.04. The summed E-state index contributed by atoms with van der Waals surface area (Å²) in [7, 11) is 0. The maximum absolute atomic E-state index is 12.3. The van der Waals surface area contributed by atoms with E-state index in [0.29, 0.717) is 16.6 Å². The van der Waals surface area contributed by atoms with Crippen LogP contribution in [0.3, 0.4) is 0 Å². The molecule has 0 aliphatic heterocycles. The van der Waals surface area contributed by atoms with Crippen molar-refractivity contribution >= 4 is 27.9 Å². The summed E-state index contributed by atoms with van der Waals surface area (Å²) in [6, 6.07) is 13.3. The van der Waals surface area contributed by atoms with Gasteiger partial charge < -0.3 is 14.6 Å². The zero-order chi connectivity index (χ0) is 16.8. The Hall–Kier alpha value is -2.34. The van der Waals surface area contributed by atoms with Gasteiger partial charge in [-0.3, -0.25) is 0 Å². The van der Waals surface area contributed by atoms with Crippen molar-refractivity contribution in [2.45, 2.75) is 19.4 Å². The second-order valence-electron chi connectivity index (χ2n) is 4.69. The molecule has 120 valence electrons. The number of carbonyl (C=O) groups is 2. The van der Waals surface area contributed by atoms with Crippen LogP contribution in [0.1, 0.15) is 23.7 Å². The van der Waals surface area contributed by atoms with Gasteiger partial charge in [0, 0.05) is 4.47 Å². The van der Waals surface area contributed by atoms with Gasteiger partial charge in [-0.25, -0.2) is 9.59 Å². The molecular weight excluding hydrogens is 364 g/mol. The lowest BCUT2D eigenvalue weighted by Crippen LogP contribution is -2.31. The van der Waals surface area contributed by atoms with Gasteiger partial charge in [-0.1, -0.05) is 41.1 Å². The Morgan fingerprint density at radius 1 is 1.17 bits per heavy atom. The van der Waals surface area contributed by atoms with Gasteiger partial charge in [0.05, 0.1) is 0 Å². The first kappa shape index (κ1) is 17.0. The van der Waals surface area contributed by atoms with Crippen LogP contribution in [0.25, 0.3) is 0 Å². The summed E-state index contributed by atoms with van der Waals surface area (Å²) in [5, 5.41) is 9.19. The van der Waals surface area contributed by atoms with E-state index in [4.69, 9.17) is 9.47 Å². The fraction of sp³-hybridized carbons (Fsp3) is 0.176. The summed E-state index contributed by atoms with van der Waals surface area (Å²) < 4.78 is 11.4. The molecule has 1 atom stereocenters. The Labute approximate surface area is 142 Å². The Bertz CT molecular complexity index is 699. The maximum atomic E-state index is 12.3. The molecule has 0 aromatic heterocycles. The number of carboxylic acids is 1. The molecule has 1 N–H and O–H groups in total. The quantitative estimate of drug-likeness (QED) is 0.609. The number of para-hydroxylation sites is 1. The van der Waals surface area contributed by atoms with Crippen molar-refractivity contribution in [1.29, 1.82) is 0 Å². The second kappa shape index (κ2) is 7.78. The topological polar surface area (TPSA) is 72.8 Å². The minimum atomic E-state index is -1.17. The highest BCUT2D eigenvalue weighted by Gasteiger charge is 2.23. The first-order valence-electron chi connectivity index (χ1n) is 6.97. The van der Waals surface area contributed by atoms with E-state index in [2.05, 4.69) is 15.9 Å². The van der Waals surface area contributed by atoms with Gasteiger partial charge in [0.25, 0.3) is 0 Å². The third kappa shape index (κ3) is 4.56. The van der Waals surface area contributed by atoms with Crippen LogP contribution in [0.15, 0.2) is 53.0 Å². The number of carboxylic acid groups (broad SMARTS) is 1. The van der Waals surface area contributed by atoms with Crippen LogP contribution in [0.2, 0.25) is 0 Å². The molecule has 0 spiro atoms. The Morgan fingerprint density at radius 3 is 2.48 bits per heavy atom. The van der Waals surface area contributed by atoms with Crippen LogP contribution < -0.4 is 9.47 Å². The summed E-state index contributed by atoms with van der Waals surface area (Å²) in [5.74, 6) is -1.28. The standard InChI is InChI=1S/C17H15BrO5/c1-2-14(22-12-6-4-3-5-7-12)17(21)23-15-9-8-11(18)10-13(15)16(19)20/h3-10,14H,2H2,1H3,(H,19,20). The van der Waals surface area contributed by atoms with E-state index in [1.54, 1.807) is 37.3 Å². The van der Waals surface area contributed by atoms with Crippen LogP contribution in [-0.4, -0.2) is 23.1 Å². The van der Waals surface area contributed by atoms with Crippen LogP contribution in [0.5, 0.6) is 11.5 Å². The number of rotatable bonds is 6. The smallest absolute Gasteiger partial charge is 0.352 e. The van der Waals surface area contributed by atoms with Gasteiger partial charge in [-0.15, -0.1) is 0 Å². The van der Waals surface area contributed by atoms with E-state index in [1.165, 1.54) is 12.1 Å². The number of halogens is 1. The van der Waals surface area contributed by atoms with E-state index >= 15 is 0 Å². The van der Waals surface area contributed by atoms with E-state index < -0.39 is 18.0 Å². The SMILES string of the molecule is CCC(Oc1ccccc1)C(=O)Oc1ccc(Br)cc1C(=O)O. The molecule has 2 aromatic carbocycles. The molecule has 2 rings (SSSR count). The monoisotopic (exact) mass is 378 g/mol. The number of esters is 1. The van der Waals surface area contributed by atoms with E-state index in [9.17, 15) is 14.7 Å². The van der Waals surface area contributed by atoms with Crippen LogP contribution in [0.4, 0.5) is 0 Å². The average molecular weight is 379 g/mol. The Kier molecular flexibility index (Phi) is 5.76. The molecule has 6 heteroatoms. The second-order valence-corrected chi connectivity index (χ2v) is 5.61. The number of ether oxygens (including phenoxy) is 2. The molecule has 1 unspecified atom stereocenters. The minimum Gasteiger partial charge on any atom is -0.479 e. The number of carbonyl (C=O) groups excluding carboxylic acids is 1. The molecule has 0 heterocycles. The first-order chi connectivity index (χ1) is 11.0. The van der Waals surface area contributed by atoms with Crippen molar-refractivity contribution in [1.82, 2.24) is 0 Å². The predicted molar refractivity (Wildman–Crippen MR) is 87.9 cm³/mol. The molecule has 2 aromatic rings. The molecule has 23 heavy (non-hydrogen) atoms. The largest absolute Gasteiger partial charge is 0.479 e. The normalized spacial score (nSPS) is 11.6. The average Bonchev–Trinajstić information content (AvgIpc) is 2.55. The number of benzene rings is 2. The fourth-order valence-electron chi connectivity index (χ4n) is 1.89. The summed E-state index contributed by atoms with van der Waals surface area (Å²) in [6.07, 6.45) is -0.421. The van der Waals surface area contributed by atoms with Gasteiger partial charge in [0.1, 0.15) is 17.1 Å². The lowest BCUT2D eigenvalue weighted by molar-refractivity contribution is -0.142. The van der Waals surface area contributed by atoms with Crippen molar-refractivity contribution in [3.05, 3.63) is 58.6 Å². The maximum Gasteiger partial charge on any atom is 0.352 e. The van der Waals surface area contributed by atoms with Crippen LogP contribution in [0, 0.1) is 0 Å². The highest BCUT2D eigenvalue weighted by Crippen LogP contribution is 2.24. The van der Waals surface area contributed by atoms with Crippen LogP contribution >= 0.6 is 15.9 Å². The summed E-state index contributed by atoms with van der Waals surface area (Å²) in [4.78, 5) is 23.5. The van der Waals surface area contributed by atoms with E-state index in [0.717, 1.165) is 0 Å². The molecule has 0 fully saturated rings. The number of hydrogen-bond donors (Lipinski definition) is 1. The lowest BCUT2D eigenvalue weighted by atomic mass is 10.2. The summed E-state index contributed by atoms with van der Waals surface area (Å²) in [5.41, 5.74) is -0.0951. The van der Waals surface area contributed by atoms with Crippen molar-refractivity contribution < 1.29 is 24.2 Å². The fourth-order valence-corrected chi connectivity index (χ4v) is 2.25. The van der Waals surface area contributed by atoms with Crippen LogP contribution in [-0.2, 0) is 4.79 Å². The zero-order valence-corrected chi connectivity index (χ0v) is 13.9. The molecule has 0 aliphatic carbocycles.